The van der Waals surface area contributed by atoms with Crippen molar-refractivity contribution in [2.45, 2.75) is 45.3 Å². The molecule has 0 saturated heterocycles. The summed E-state index contributed by atoms with van der Waals surface area (Å²) in [5, 5.41) is 5.74. The van der Waals surface area contributed by atoms with Crippen LogP contribution >= 0.6 is 23.2 Å². The zero-order valence-electron chi connectivity index (χ0n) is 17.5. The molecule has 4 rings (SSSR count). The minimum absolute atomic E-state index is 0.0402. The van der Waals surface area contributed by atoms with Gasteiger partial charge in [0.25, 0.3) is 0 Å². The summed E-state index contributed by atoms with van der Waals surface area (Å²) < 4.78 is 1.74. The first kappa shape index (κ1) is 21.6. The van der Waals surface area contributed by atoms with E-state index in [1.165, 1.54) is 0 Å². The van der Waals surface area contributed by atoms with E-state index in [2.05, 4.69) is 10.1 Å². The Morgan fingerprint density at radius 2 is 1.97 bits per heavy atom. The van der Waals surface area contributed by atoms with Crippen LogP contribution in [0, 0.1) is 6.92 Å². The van der Waals surface area contributed by atoms with E-state index in [4.69, 9.17) is 23.2 Å². The molecule has 1 amide bonds. The minimum atomic E-state index is -0.0879. The molecule has 0 radical (unpaired) electrons. The molecule has 31 heavy (non-hydrogen) atoms. The first-order valence-corrected chi connectivity index (χ1v) is 11.1. The average molecular weight is 455 g/mol. The molecule has 1 saturated carbocycles. The van der Waals surface area contributed by atoms with Gasteiger partial charge >= 0.3 is 0 Å². The number of benzene rings is 1. The number of carbonyl (C=O) groups excluding carboxylic acids is 1. The van der Waals surface area contributed by atoms with Gasteiger partial charge in [-0.05, 0) is 62.6 Å². The average Bonchev–Trinajstić information content (AvgIpc) is 3.56. The maximum atomic E-state index is 13.1. The Hall–Kier alpha value is -2.63. The number of rotatable bonds is 7. The first-order valence-electron chi connectivity index (χ1n) is 10.3. The van der Waals surface area contributed by atoms with Crippen molar-refractivity contribution < 1.29 is 4.79 Å². The molecule has 7 heteroatoms. The lowest BCUT2D eigenvalue weighted by Gasteiger charge is -2.28. The Labute approximate surface area is 192 Å². The van der Waals surface area contributed by atoms with E-state index in [9.17, 15) is 4.79 Å². The lowest BCUT2D eigenvalue weighted by atomic mass is 10.1. The highest BCUT2D eigenvalue weighted by molar-refractivity contribution is 6.31. The van der Waals surface area contributed by atoms with Gasteiger partial charge in [-0.1, -0.05) is 41.4 Å². The lowest BCUT2D eigenvalue weighted by Crippen LogP contribution is -2.34. The summed E-state index contributed by atoms with van der Waals surface area (Å²) >= 11 is 12.6. The van der Waals surface area contributed by atoms with Gasteiger partial charge in [-0.15, -0.1) is 0 Å². The second kappa shape index (κ2) is 9.25. The maximum Gasteiger partial charge on any atom is 0.247 e. The number of aryl methyl sites for hydroxylation is 1. The Kier molecular flexibility index (Phi) is 6.44. The number of pyridine rings is 1. The van der Waals surface area contributed by atoms with Gasteiger partial charge in [-0.2, -0.15) is 5.10 Å². The Balaban J connectivity index is 1.52. The van der Waals surface area contributed by atoms with E-state index < -0.39 is 0 Å². The van der Waals surface area contributed by atoms with Gasteiger partial charge < -0.3 is 4.90 Å². The molecule has 1 aromatic carbocycles. The summed E-state index contributed by atoms with van der Waals surface area (Å²) in [4.78, 5) is 19.4. The predicted molar refractivity (Wildman–Crippen MR) is 124 cm³/mol. The van der Waals surface area contributed by atoms with Crippen molar-refractivity contribution in [2.75, 3.05) is 0 Å². The third-order valence-electron chi connectivity index (χ3n) is 5.48. The highest BCUT2D eigenvalue weighted by atomic mass is 35.5. The summed E-state index contributed by atoms with van der Waals surface area (Å²) in [5.74, 6) is -0.0402. The number of hydrogen-bond acceptors (Lipinski definition) is 3. The Morgan fingerprint density at radius 3 is 2.61 bits per heavy atom. The molecular formula is C24H24Cl2N4O. The molecule has 1 aliphatic rings. The zero-order chi connectivity index (χ0) is 22.0. The van der Waals surface area contributed by atoms with Crippen molar-refractivity contribution in [3.63, 3.8) is 0 Å². The van der Waals surface area contributed by atoms with Gasteiger partial charge in [0.1, 0.15) is 5.15 Å². The van der Waals surface area contributed by atoms with Crippen molar-refractivity contribution in [1.29, 1.82) is 0 Å². The van der Waals surface area contributed by atoms with Crippen LogP contribution in [0.15, 0.2) is 54.7 Å². The largest absolute Gasteiger partial charge is 0.328 e. The van der Waals surface area contributed by atoms with E-state index in [1.807, 2.05) is 61.2 Å². The van der Waals surface area contributed by atoms with Gasteiger partial charge in [0, 0.05) is 28.9 Å². The first-order chi connectivity index (χ1) is 14.9. The standard InChI is InChI=1S/C24H24Cl2N4O/c1-16-21(24(26)29(28-16)15-18-6-8-19(25)9-7-18)12-13-23(31)30(20-10-11-20)17(2)22-5-3-4-14-27-22/h3-9,12-14,17,20H,10-11,15H2,1-2H3/b13-12+. The van der Waals surface area contributed by atoms with Crippen molar-refractivity contribution in [2.24, 2.45) is 0 Å². The lowest BCUT2D eigenvalue weighted by molar-refractivity contribution is -0.128. The normalized spacial score (nSPS) is 14.7. The molecule has 3 aromatic rings. The molecule has 2 heterocycles. The van der Waals surface area contributed by atoms with Gasteiger partial charge in [-0.25, -0.2) is 4.68 Å². The van der Waals surface area contributed by atoms with Crippen molar-refractivity contribution in [1.82, 2.24) is 19.7 Å². The van der Waals surface area contributed by atoms with Crippen LogP contribution in [-0.4, -0.2) is 31.6 Å². The van der Waals surface area contributed by atoms with Crippen LogP contribution in [0.4, 0.5) is 0 Å². The van der Waals surface area contributed by atoms with E-state index in [0.717, 1.165) is 35.4 Å². The smallest absolute Gasteiger partial charge is 0.247 e. The number of hydrogen-bond donors (Lipinski definition) is 0. The van der Waals surface area contributed by atoms with Crippen LogP contribution in [-0.2, 0) is 11.3 Å². The van der Waals surface area contributed by atoms with Crippen LogP contribution in [0.3, 0.4) is 0 Å². The zero-order valence-corrected chi connectivity index (χ0v) is 19.0. The molecule has 1 aliphatic carbocycles. The Bertz CT molecular complexity index is 1090. The van der Waals surface area contributed by atoms with Crippen LogP contribution < -0.4 is 0 Å². The van der Waals surface area contributed by atoms with Gasteiger partial charge in [0.15, 0.2) is 0 Å². The number of amides is 1. The molecular weight excluding hydrogens is 431 g/mol. The number of nitrogens with zero attached hydrogens (tertiary/aromatic N) is 4. The summed E-state index contributed by atoms with van der Waals surface area (Å²) in [7, 11) is 0. The second-order valence-corrected chi connectivity index (χ2v) is 8.61. The van der Waals surface area contributed by atoms with Crippen LogP contribution in [0.25, 0.3) is 6.08 Å². The number of aromatic nitrogens is 3. The minimum Gasteiger partial charge on any atom is -0.328 e. The molecule has 1 atom stereocenters. The molecule has 1 unspecified atom stereocenters. The second-order valence-electron chi connectivity index (χ2n) is 7.81. The quantitative estimate of drug-likeness (QED) is 0.429. The summed E-state index contributed by atoms with van der Waals surface area (Å²) in [5.41, 5.74) is 3.47. The third-order valence-corrected chi connectivity index (χ3v) is 6.13. The van der Waals surface area contributed by atoms with Crippen molar-refractivity contribution in [3.05, 3.63) is 87.4 Å². The number of halogens is 2. The van der Waals surface area contributed by atoms with Gasteiger partial charge in [0.05, 0.1) is 24.0 Å². The molecule has 5 nitrogen and oxygen atoms in total. The van der Waals surface area contributed by atoms with Crippen molar-refractivity contribution in [3.8, 4) is 0 Å². The van der Waals surface area contributed by atoms with Crippen molar-refractivity contribution >= 4 is 35.2 Å². The van der Waals surface area contributed by atoms with Crippen LogP contribution in [0.1, 0.15) is 48.3 Å². The molecule has 2 aromatic heterocycles. The fraction of sp³-hybridized carbons (Fsp3) is 0.292. The summed E-state index contributed by atoms with van der Waals surface area (Å²) in [6.45, 7) is 4.45. The molecule has 0 spiro atoms. The van der Waals surface area contributed by atoms with E-state index in [0.29, 0.717) is 16.7 Å². The molecule has 0 N–H and O–H groups in total. The van der Waals surface area contributed by atoms with Gasteiger partial charge in [-0.3, -0.25) is 9.78 Å². The predicted octanol–water partition coefficient (Wildman–Crippen LogP) is 5.71. The fourth-order valence-electron chi connectivity index (χ4n) is 3.67. The van der Waals surface area contributed by atoms with Crippen LogP contribution in [0.2, 0.25) is 10.2 Å². The molecule has 1 fully saturated rings. The SMILES string of the molecule is Cc1nn(Cc2ccc(Cl)cc2)c(Cl)c1/C=C/C(=O)N(C1CC1)C(C)c1ccccn1. The van der Waals surface area contributed by atoms with E-state index in [-0.39, 0.29) is 18.0 Å². The highest BCUT2D eigenvalue weighted by Gasteiger charge is 2.35. The summed E-state index contributed by atoms with van der Waals surface area (Å²) in [6.07, 6.45) is 7.17. The molecule has 0 bridgehead atoms. The maximum absolute atomic E-state index is 13.1. The summed E-state index contributed by atoms with van der Waals surface area (Å²) in [6, 6.07) is 13.5. The van der Waals surface area contributed by atoms with E-state index in [1.54, 1.807) is 23.0 Å². The van der Waals surface area contributed by atoms with Crippen LogP contribution in [0.5, 0.6) is 0 Å². The van der Waals surface area contributed by atoms with Gasteiger partial charge in [0.2, 0.25) is 5.91 Å². The monoisotopic (exact) mass is 454 g/mol. The fourth-order valence-corrected chi connectivity index (χ4v) is 4.09. The number of carbonyl (C=O) groups is 1. The van der Waals surface area contributed by atoms with E-state index >= 15 is 0 Å². The highest BCUT2D eigenvalue weighted by Crippen LogP contribution is 2.34. The molecule has 0 aliphatic heterocycles. The molecule has 160 valence electrons. The Morgan fingerprint density at radius 1 is 1.23 bits per heavy atom. The topological polar surface area (TPSA) is 51.0 Å². The third kappa shape index (κ3) is 5.00.